The van der Waals surface area contributed by atoms with Gasteiger partial charge in [-0.3, -0.25) is 4.79 Å². The summed E-state index contributed by atoms with van der Waals surface area (Å²) in [7, 11) is 0. The molecule has 0 fully saturated rings. The summed E-state index contributed by atoms with van der Waals surface area (Å²) in [5, 5.41) is 8.42. The molecular weight excluding hydrogens is 328 g/mol. The van der Waals surface area contributed by atoms with E-state index in [0.717, 1.165) is 11.1 Å². The van der Waals surface area contributed by atoms with Gasteiger partial charge in [-0.25, -0.2) is 4.79 Å². The Hall–Kier alpha value is -3.02. The molecule has 2 rings (SSSR count). The van der Waals surface area contributed by atoms with Gasteiger partial charge in [0.05, 0.1) is 0 Å². The highest BCUT2D eigenvalue weighted by atomic mass is 16.2. The fraction of sp³-hybridized carbons (Fsp3) is 0.300. The van der Waals surface area contributed by atoms with Gasteiger partial charge in [0.15, 0.2) is 0 Å². The van der Waals surface area contributed by atoms with Crippen molar-refractivity contribution in [1.82, 2.24) is 10.6 Å². The van der Waals surface area contributed by atoms with Crippen molar-refractivity contribution >= 4 is 23.3 Å². The van der Waals surface area contributed by atoms with Crippen LogP contribution in [0.5, 0.6) is 0 Å². The number of urea groups is 1. The molecule has 0 unspecified atom stereocenters. The van der Waals surface area contributed by atoms with E-state index < -0.39 is 0 Å². The summed E-state index contributed by atoms with van der Waals surface area (Å²) in [6.45, 7) is 4.25. The lowest BCUT2D eigenvalue weighted by atomic mass is 10.1. The summed E-state index contributed by atoms with van der Waals surface area (Å²) in [6.07, 6.45) is 1.01. The van der Waals surface area contributed by atoms with Gasteiger partial charge in [-0.1, -0.05) is 30.3 Å². The van der Waals surface area contributed by atoms with Crippen molar-refractivity contribution < 1.29 is 9.59 Å². The first-order chi connectivity index (χ1) is 12.4. The summed E-state index contributed by atoms with van der Waals surface area (Å²) in [6, 6.07) is 14.8. The number of para-hydroxylation sites is 1. The van der Waals surface area contributed by atoms with Crippen molar-refractivity contribution in [3.8, 4) is 0 Å². The molecule has 0 saturated carbocycles. The maximum absolute atomic E-state index is 12.0. The van der Waals surface area contributed by atoms with Crippen LogP contribution < -0.4 is 21.7 Å². The Morgan fingerprint density at radius 3 is 2.38 bits per heavy atom. The third-order valence-corrected chi connectivity index (χ3v) is 3.80. The third kappa shape index (κ3) is 6.47. The van der Waals surface area contributed by atoms with Gasteiger partial charge in [0.2, 0.25) is 5.91 Å². The Bertz CT molecular complexity index is 742. The summed E-state index contributed by atoms with van der Waals surface area (Å²) in [5.74, 6) is -0.0215. The molecule has 0 aliphatic carbocycles. The molecule has 138 valence electrons. The van der Waals surface area contributed by atoms with Crippen molar-refractivity contribution in [2.45, 2.75) is 39.3 Å². The minimum atomic E-state index is -0.235. The first kappa shape index (κ1) is 19.3. The standard InChI is InChI=1S/C20H26N4O2/c1-14(2)23-20(26)24-17-10-7-15(8-11-17)13-22-19(25)12-9-16-5-3-4-6-18(16)21/h3-8,10-11,14H,9,12-13,21H2,1-2H3,(H,22,25)(H2,23,24,26). The van der Waals surface area contributed by atoms with E-state index in [9.17, 15) is 9.59 Å². The Labute approximate surface area is 154 Å². The van der Waals surface area contributed by atoms with Crippen LogP contribution in [0.1, 0.15) is 31.4 Å². The van der Waals surface area contributed by atoms with E-state index in [1.54, 1.807) is 0 Å². The molecule has 2 aromatic carbocycles. The lowest BCUT2D eigenvalue weighted by Crippen LogP contribution is -2.34. The molecule has 0 spiro atoms. The molecular formula is C20H26N4O2. The summed E-state index contributed by atoms with van der Waals surface area (Å²) < 4.78 is 0. The number of rotatable bonds is 7. The number of hydrogen-bond acceptors (Lipinski definition) is 3. The first-order valence-electron chi connectivity index (χ1n) is 8.70. The minimum absolute atomic E-state index is 0.0215. The van der Waals surface area contributed by atoms with Gasteiger partial charge in [-0.15, -0.1) is 0 Å². The Balaban J connectivity index is 1.76. The number of nitrogens with two attached hydrogens (primary N) is 1. The molecule has 0 bridgehead atoms. The van der Waals surface area contributed by atoms with E-state index >= 15 is 0 Å². The highest BCUT2D eigenvalue weighted by Crippen LogP contribution is 2.13. The van der Waals surface area contributed by atoms with Crippen molar-refractivity contribution in [1.29, 1.82) is 0 Å². The SMILES string of the molecule is CC(C)NC(=O)Nc1ccc(CNC(=O)CCc2ccccc2N)cc1. The van der Waals surface area contributed by atoms with Gasteiger partial charge < -0.3 is 21.7 Å². The average Bonchev–Trinajstić information content (AvgIpc) is 2.59. The first-order valence-corrected chi connectivity index (χ1v) is 8.70. The fourth-order valence-electron chi connectivity index (χ4n) is 2.43. The molecule has 6 heteroatoms. The molecule has 5 N–H and O–H groups in total. The molecule has 6 nitrogen and oxygen atoms in total. The van der Waals surface area contributed by atoms with Crippen LogP contribution in [0.2, 0.25) is 0 Å². The number of hydrogen-bond donors (Lipinski definition) is 4. The van der Waals surface area contributed by atoms with E-state index in [-0.39, 0.29) is 18.0 Å². The van der Waals surface area contributed by atoms with Gasteiger partial charge in [-0.2, -0.15) is 0 Å². The number of amides is 3. The van der Waals surface area contributed by atoms with E-state index in [2.05, 4.69) is 16.0 Å². The van der Waals surface area contributed by atoms with Gasteiger partial charge in [0, 0.05) is 30.4 Å². The normalized spacial score (nSPS) is 10.4. The van der Waals surface area contributed by atoms with E-state index in [1.165, 1.54) is 0 Å². The Morgan fingerprint density at radius 1 is 1.04 bits per heavy atom. The third-order valence-electron chi connectivity index (χ3n) is 3.80. The number of aryl methyl sites for hydroxylation is 1. The van der Waals surface area contributed by atoms with E-state index in [1.807, 2.05) is 62.4 Å². The van der Waals surface area contributed by atoms with Crippen LogP contribution in [0, 0.1) is 0 Å². The lowest BCUT2D eigenvalue weighted by Gasteiger charge is -2.11. The zero-order chi connectivity index (χ0) is 18.9. The number of anilines is 2. The van der Waals surface area contributed by atoms with Crippen molar-refractivity contribution in [3.05, 3.63) is 59.7 Å². The van der Waals surface area contributed by atoms with Crippen LogP contribution in [0.15, 0.2) is 48.5 Å². The van der Waals surface area contributed by atoms with Gasteiger partial charge in [-0.05, 0) is 49.6 Å². The zero-order valence-corrected chi connectivity index (χ0v) is 15.2. The molecule has 2 aromatic rings. The predicted molar refractivity (Wildman–Crippen MR) is 105 cm³/mol. The average molecular weight is 354 g/mol. The second kappa shape index (κ2) is 9.46. The van der Waals surface area contributed by atoms with Gasteiger partial charge in [0.1, 0.15) is 0 Å². The number of carbonyl (C=O) groups excluding carboxylic acids is 2. The molecule has 0 aromatic heterocycles. The fourth-order valence-corrected chi connectivity index (χ4v) is 2.43. The second-order valence-corrected chi connectivity index (χ2v) is 6.43. The maximum atomic E-state index is 12.0. The zero-order valence-electron chi connectivity index (χ0n) is 15.2. The van der Waals surface area contributed by atoms with Crippen molar-refractivity contribution in [3.63, 3.8) is 0 Å². The Morgan fingerprint density at radius 2 is 1.73 bits per heavy atom. The predicted octanol–water partition coefficient (Wildman–Crippen LogP) is 3.05. The van der Waals surface area contributed by atoms with Crippen LogP contribution in [0.25, 0.3) is 0 Å². The smallest absolute Gasteiger partial charge is 0.319 e. The Kier molecular flexibility index (Phi) is 7.02. The molecule has 0 saturated heterocycles. The van der Waals surface area contributed by atoms with Crippen LogP contribution in [0.3, 0.4) is 0 Å². The number of nitrogen functional groups attached to an aromatic ring is 1. The lowest BCUT2D eigenvalue weighted by molar-refractivity contribution is -0.121. The molecule has 0 heterocycles. The minimum Gasteiger partial charge on any atom is -0.399 e. The number of benzene rings is 2. The molecule has 0 aliphatic heterocycles. The van der Waals surface area contributed by atoms with Crippen molar-refractivity contribution in [2.24, 2.45) is 0 Å². The second-order valence-electron chi connectivity index (χ2n) is 6.43. The maximum Gasteiger partial charge on any atom is 0.319 e. The monoisotopic (exact) mass is 354 g/mol. The highest BCUT2D eigenvalue weighted by Gasteiger charge is 2.06. The molecule has 0 aliphatic rings. The van der Waals surface area contributed by atoms with Crippen LogP contribution in [-0.2, 0) is 17.8 Å². The molecule has 26 heavy (non-hydrogen) atoms. The quantitative estimate of drug-likeness (QED) is 0.575. The molecule has 0 atom stereocenters. The highest BCUT2D eigenvalue weighted by molar-refractivity contribution is 5.89. The van der Waals surface area contributed by atoms with Crippen LogP contribution in [0.4, 0.5) is 16.2 Å². The molecule has 3 amide bonds. The number of nitrogens with one attached hydrogen (secondary N) is 3. The summed E-state index contributed by atoms with van der Waals surface area (Å²) >= 11 is 0. The largest absolute Gasteiger partial charge is 0.399 e. The van der Waals surface area contributed by atoms with Gasteiger partial charge in [0.25, 0.3) is 0 Å². The van der Waals surface area contributed by atoms with Crippen LogP contribution in [-0.4, -0.2) is 18.0 Å². The number of carbonyl (C=O) groups is 2. The van der Waals surface area contributed by atoms with Crippen molar-refractivity contribution in [2.75, 3.05) is 11.1 Å². The van der Waals surface area contributed by atoms with E-state index in [4.69, 9.17) is 5.73 Å². The summed E-state index contributed by atoms with van der Waals surface area (Å²) in [5.41, 5.74) is 9.25. The summed E-state index contributed by atoms with van der Waals surface area (Å²) in [4.78, 5) is 23.6. The van der Waals surface area contributed by atoms with E-state index in [0.29, 0.717) is 30.8 Å². The molecule has 0 radical (unpaired) electrons. The van der Waals surface area contributed by atoms with Gasteiger partial charge >= 0.3 is 6.03 Å². The topological polar surface area (TPSA) is 96.2 Å². The van der Waals surface area contributed by atoms with Crippen LogP contribution >= 0.6 is 0 Å².